The molecule has 2 N–H and O–H groups in total. The van der Waals surface area contributed by atoms with Crippen molar-refractivity contribution < 1.29 is 13.2 Å². The highest BCUT2D eigenvalue weighted by Gasteiger charge is 2.25. The quantitative estimate of drug-likeness (QED) is 0.835. The van der Waals surface area contributed by atoms with Crippen LogP contribution in [0.5, 0.6) is 5.75 Å². The molecule has 0 saturated heterocycles. The van der Waals surface area contributed by atoms with E-state index in [4.69, 9.17) is 10.5 Å². The fourth-order valence-corrected chi connectivity index (χ4v) is 3.52. The van der Waals surface area contributed by atoms with Gasteiger partial charge in [0.15, 0.2) is 0 Å². The van der Waals surface area contributed by atoms with Crippen LogP contribution in [0.15, 0.2) is 23.1 Å². The lowest BCUT2D eigenvalue weighted by molar-refractivity contribution is 0.368. The van der Waals surface area contributed by atoms with Crippen molar-refractivity contribution in [1.29, 1.82) is 0 Å². The number of hydrogen-bond acceptors (Lipinski definition) is 4. The zero-order valence-electron chi connectivity index (χ0n) is 12.6. The first kappa shape index (κ1) is 16.9. The lowest BCUT2D eigenvalue weighted by atomic mass is 10.2. The first-order valence-electron chi connectivity index (χ1n) is 6.73. The standard InChI is InChI=1S/C14H24N2O3S/c1-5-6-11(2)16(3)20(17,18)13-7-8-14(19-4)12(9-13)10-15/h7-9,11H,5-6,10,15H2,1-4H3. The minimum Gasteiger partial charge on any atom is -0.496 e. The third kappa shape index (κ3) is 3.50. The van der Waals surface area contributed by atoms with Crippen LogP contribution in [-0.4, -0.2) is 32.9 Å². The van der Waals surface area contributed by atoms with E-state index in [0.29, 0.717) is 11.3 Å². The van der Waals surface area contributed by atoms with Gasteiger partial charge in [0.1, 0.15) is 5.75 Å². The molecule has 1 rings (SSSR count). The summed E-state index contributed by atoms with van der Waals surface area (Å²) in [5.74, 6) is 0.607. The molecule has 0 spiro atoms. The zero-order valence-corrected chi connectivity index (χ0v) is 13.4. The van der Waals surface area contributed by atoms with Crippen LogP contribution < -0.4 is 10.5 Å². The van der Waals surface area contributed by atoms with Gasteiger partial charge in [-0.2, -0.15) is 4.31 Å². The molecule has 0 fully saturated rings. The smallest absolute Gasteiger partial charge is 0.243 e. The van der Waals surface area contributed by atoms with Gasteiger partial charge in [-0.15, -0.1) is 0 Å². The summed E-state index contributed by atoms with van der Waals surface area (Å²) in [6.07, 6.45) is 1.77. The Hall–Kier alpha value is -1.11. The van der Waals surface area contributed by atoms with E-state index in [1.54, 1.807) is 25.2 Å². The van der Waals surface area contributed by atoms with Gasteiger partial charge in [0.2, 0.25) is 10.0 Å². The van der Waals surface area contributed by atoms with Crippen LogP contribution >= 0.6 is 0 Å². The molecule has 0 aliphatic rings. The molecular formula is C14H24N2O3S. The fourth-order valence-electron chi connectivity index (χ4n) is 2.08. The van der Waals surface area contributed by atoms with Gasteiger partial charge in [0, 0.05) is 25.2 Å². The number of rotatable bonds is 7. The van der Waals surface area contributed by atoms with Crippen LogP contribution in [0, 0.1) is 0 Å². The molecule has 0 aliphatic carbocycles. The Labute approximate surface area is 121 Å². The van der Waals surface area contributed by atoms with E-state index in [9.17, 15) is 8.42 Å². The number of nitrogens with two attached hydrogens (primary N) is 1. The predicted octanol–water partition coefficient (Wildman–Crippen LogP) is 1.96. The van der Waals surface area contributed by atoms with E-state index < -0.39 is 10.0 Å². The second-order valence-electron chi connectivity index (χ2n) is 4.84. The van der Waals surface area contributed by atoms with E-state index in [0.717, 1.165) is 12.8 Å². The summed E-state index contributed by atoms with van der Waals surface area (Å²) in [5.41, 5.74) is 6.32. The summed E-state index contributed by atoms with van der Waals surface area (Å²) in [6.45, 7) is 4.19. The molecule has 114 valence electrons. The van der Waals surface area contributed by atoms with Gasteiger partial charge in [-0.1, -0.05) is 13.3 Å². The van der Waals surface area contributed by atoms with E-state index in [2.05, 4.69) is 0 Å². The second-order valence-corrected chi connectivity index (χ2v) is 6.83. The molecule has 0 aromatic heterocycles. The number of hydrogen-bond donors (Lipinski definition) is 1. The number of benzene rings is 1. The maximum Gasteiger partial charge on any atom is 0.243 e. The highest BCUT2D eigenvalue weighted by molar-refractivity contribution is 7.89. The van der Waals surface area contributed by atoms with Gasteiger partial charge < -0.3 is 10.5 Å². The summed E-state index contributed by atoms with van der Waals surface area (Å²) in [5, 5.41) is 0. The first-order chi connectivity index (χ1) is 9.38. The Morgan fingerprint density at radius 1 is 1.40 bits per heavy atom. The van der Waals surface area contributed by atoms with E-state index in [1.807, 2.05) is 13.8 Å². The van der Waals surface area contributed by atoms with Crippen molar-refractivity contribution in [1.82, 2.24) is 4.31 Å². The summed E-state index contributed by atoms with van der Waals surface area (Å²) in [7, 11) is -0.343. The van der Waals surface area contributed by atoms with Crippen molar-refractivity contribution in [2.24, 2.45) is 5.73 Å². The average molecular weight is 300 g/mol. The van der Waals surface area contributed by atoms with Crippen molar-refractivity contribution in [3.63, 3.8) is 0 Å². The van der Waals surface area contributed by atoms with Gasteiger partial charge in [0.05, 0.1) is 12.0 Å². The highest BCUT2D eigenvalue weighted by atomic mass is 32.2. The van der Waals surface area contributed by atoms with Gasteiger partial charge >= 0.3 is 0 Å². The number of sulfonamides is 1. The van der Waals surface area contributed by atoms with Gasteiger partial charge in [0.25, 0.3) is 0 Å². The van der Waals surface area contributed by atoms with Crippen LogP contribution in [0.25, 0.3) is 0 Å². The van der Waals surface area contributed by atoms with E-state index in [1.165, 1.54) is 11.4 Å². The number of methoxy groups -OCH3 is 1. The molecule has 0 heterocycles. The van der Waals surface area contributed by atoms with E-state index in [-0.39, 0.29) is 17.5 Å². The van der Waals surface area contributed by atoms with Crippen LogP contribution in [0.1, 0.15) is 32.3 Å². The lowest BCUT2D eigenvalue weighted by Gasteiger charge is -2.24. The van der Waals surface area contributed by atoms with Crippen molar-refractivity contribution in [2.45, 2.75) is 44.2 Å². The maximum atomic E-state index is 12.6. The van der Waals surface area contributed by atoms with Gasteiger partial charge in [-0.3, -0.25) is 0 Å². The van der Waals surface area contributed by atoms with Gasteiger partial charge in [-0.05, 0) is 31.5 Å². The number of nitrogens with zero attached hydrogens (tertiary/aromatic N) is 1. The van der Waals surface area contributed by atoms with Crippen molar-refractivity contribution in [3.8, 4) is 5.75 Å². The minimum atomic E-state index is -3.50. The van der Waals surface area contributed by atoms with Crippen LogP contribution in [0.2, 0.25) is 0 Å². The third-order valence-electron chi connectivity index (χ3n) is 3.48. The molecule has 0 bridgehead atoms. The first-order valence-corrected chi connectivity index (χ1v) is 8.17. The molecule has 5 nitrogen and oxygen atoms in total. The topological polar surface area (TPSA) is 72.6 Å². The summed E-state index contributed by atoms with van der Waals surface area (Å²) >= 11 is 0. The minimum absolute atomic E-state index is 0.0339. The Bertz CT molecular complexity index is 543. The Balaban J connectivity index is 3.15. The van der Waals surface area contributed by atoms with Crippen molar-refractivity contribution in [3.05, 3.63) is 23.8 Å². The normalized spacial score (nSPS) is 13.5. The summed E-state index contributed by atoms with van der Waals surface area (Å²) < 4.78 is 31.7. The zero-order chi connectivity index (χ0) is 15.3. The molecule has 1 unspecified atom stereocenters. The molecule has 0 amide bonds. The molecule has 1 aromatic rings. The third-order valence-corrected chi connectivity index (χ3v) is 5.44. The second kappa shape index (κ2) is 7.06. The molecule has 0 radical (unpaired) electrons. The number of ether oxygens (including phenoxy) is 1. The SMILES string of the molecule is CCCC(C)N(C)S(=O)(=O)c1ccc(OC)c(CN)c1. The molecule has 6 heteroatoms. The van der Waals surface area contributed by atoms with E-state index >= 15 is 0 Å². The highest BCUT2D eigenvalue weighted by Crippen LogP contribution is 2.25. The summed E-state index contributed by atoms with van der Waals surface area (Å²) in [4.78, 5) is 0.254. The van der Waals surface area contributed by atoms with Crippen LogP contribution in [0.3, 0.4) is 0 Å². The monoisotopic (exact) mass is 300 g/mol. The Kier molecular flexibility index (Phi) is 5.98. The summed E-state index contributed by atoms with van der Waals surface area (Å²) in [6, 6.07) is 4.76. The predicted molar refractivity (Wildman–Crippen MR) is 80.2 cm³/mol. The van der Waals surface area contributed by atoms with Crippen LogP contribution in [0.4, 0.5) is 0 Å². The molecule has 0 saturated carbocycles. The van der Waals surface area contributed by atoms with Crippen LogP contribution in [-0.2, 0) is 16.6 Å². The Morgan fingerprint density at radius 3 is 2.55 bits per heavy atom. The lowest BCUT2D eigenvalue weighted by Crippen LogP contribution is -2.35. The maximum absolute atomic E-state index is 12.6. The van der Waals surface area contributed by atoms with Gasteiger partial charge in [-0.25, -0.2) is 8.42 Å². The van der Waals surface area contributed by atoms with Crippen molar-refractivity contribution in [2.75, 3.05) is 14.2 Å². The molecule has 20 heavy (non-hydrogen) atoms. The largest absolute Gasteiger partial charge is 0.496 e. The molecule has 1 atom stereocenters. The molecule has 0 aliphatic heterocycles. The average Bonchev–Trinajstić information content (AvgIpc) is 2.45. The fraction of sp³-hybridized carbons (Fsp3) is 0.571. The molecular weight excluding hydrogens is 276 g/mol. The Morgan fingerprint density at radius 2 is 2.05 bits per heavy atom. The molecule has 1 aromatic carbocycles. The van der Waals surface area contributed by atoms with Crippen molar-refractivity contribution >= 4 is 10.0 Å².